The smallest absolute Gasteiger partial charge is 0.278 e. The predicted molar refractivity (Wildman–Crippen MR) is 115 cm³/mol. The van der Waals surface area contributed by atoms with Crippen molar-refractivity contribution in [2.24, 2.45) is 5.92 Å². The van der Waals surface area contributed by atoms with Gasteiger partial charge in [-0.25, -0.2) is 0 Å². The molecule has 0 radical (unpaired) electrons. The van der Waals surface area contributed by atoms with E-state index < -0.39 is 0 Å². The van der Waals surface area contributed by atoms with Crippen molar-refractivity contribution in [1.82, 2.24) is 9.80 Å². The fourth-order valence-electron chi connectivity index (χ4n) is 3.33. The van der Waals surface area contributed by atoms with E-state index in [1.807, 2.05) is 42.5 Å². The standard InChI is InChI=1S/C24H28N2O4/c1-17(2)16-30-20-11-9-19(10-12-20)21-22(25(3)13-14-27)24(29)26(23(21)28)15-18-7-5-4-6-8-18/h4-12,17,27H,13-16H2,1-3H3. The average molecular weight is 408 g/mol. The van der Waals surface area contributed by atoms with Gasteiger partial charge in [0.15, 0.2) is 0 Å². The Labute approximate surface area is 177 Å². The molecule has 30 heavy (non-hydrogen) atoms. The van der Waals surface area contributed by atoms with E-state index in [2.05, 4.69) is 13.8 Å². The molecule has 1 aliphatic rings. The van der Waals surface area contributed by atoms with Crippen molar-refractivity contribution in [3.63, 3.8) is 0 Å². The third-order valence-electron chi connectivity index (χ3n) is 4.87. The number of imide groups is 1. The highest BCUT2D eigenvalue weighted by molar-refractivity contribution is 6.35. The first kappa shape index (κ1) is 21.6. The molecule has 0 unspecified atom stereocenters. The molecule has 1 N–H and O–H groups in total. The number of aliphatic hydroxyl groups is 1. The van der Waals surface area contributed by atoms with E-state index in [-0.39, 0.29) is 31.5 Å². The number of likely N-dealkylation sites (N-methyl/N-ethyl adjacent to an activating group) is 1. The van der Waals surface area contributed by atoms with Gasteiger partial charge in [-0.2, -0.15) is 0 Å². The molecule has 2 aromatic rings. The second kappa shape index (κ2) is 9.59. The second-order valence-corrected chi connectivity index (χ2v) is 7.78. The predicted octanol–water partition coefficient (Wildman–Crippen LogP) is 2.93. The lowest BCUT2D eigenvalue weighted by atomic mass is 10.0. The van der Waals surface area contributed by atoms with Crippen molar-refractivity contribution in [1.29, 1.82) is 0 Å². The van der Waals surface area contributed by atoms with E-state index in [1.165, 1.54) is 4.90 Å². The summed E-state index contributed by atoms with van der Waals surface area (Å²) in [4.78, 5) is 29.3. The molecule has 0 aliphatic carbocycles. The molecule has 0 bridgehead atoms. The number of carbonyl (C=O) groups is 2. The zero-order valence-corrected chi connectivity index (χ0v) is 17.7. The molecule has 6 heteroatoms. The van der Waals surface area contributed by atoms with E-state index in [0.717, 1.165) is 11.3 Å². The molecule has 3 rings (SSSR count). The van der Waals surface area contributed by atoms with E-state index in [0.29, 0.717) is 29.4 Å². The summed E-state index contributed by atoms with van der Waals surface area (Å²) in [5.41, 5.74) is 2.19. The number of ether oxygens (including phenoxy) is 1. The summed E-state index contributed by atoms with van der Waals surface area (Å²) in [5, 5.41) is 9.36. The number of aliphatic hydroxyl groups excluding tert-OH is 1. The lowest BCUT2D eigenvalue weighted by molar-refractivity contribution is -0.138. The molecule has 0 saturated carbocycles. The number of nitrogens with zero attached hydrogens (tertiary/aromatic N) is 2. The van der Waals surface area contributed by atoms with E-state index in [4.69, 9.17) is 4.74 Å². The van der Waals surface area contributed by atoms with Crippen molar-refractivity contribution in [2.45, 2.75) is 20.4 Å². The third-order valence-corrected chi connectivity index (χ3v) is 4.87. The summed E-state index contributed by atoms with van der Waals surface area (Å²) in [6.07, 6.45) is 0. The van der Waals surface area contributed by atoms with Gasteiger partial charge in [0.1, 0.15) is 11.4 Å². The highest BCUT2D eigenvalue weighted by atomic mass is 16.5. The van der Waals surface area contributed by atoms with Gasteiger partial charge in [-0.15, -0.1) is 0 Å². The third kappa shape index (κ3) is 4.71. The van der Waals surface area contributed by atoms with E-state index in [1.54, 1.807) is 24.1 Å². The van der Waals surface area contributed by atoms with Crippen LogP contribution in [0, 0.1) is 5.92 Å². The van der Waals surface area contributed by atoms with Gasteiger partial charge in [-0.05, 0) is 29.2 Å². The van der Waals surface area contributed by atoms with E-state index in [9.17, 15) is 14.7 Å². The van der Waals surface area contributed by atoms with Gasteiger partial charge in [0, 0.05) is 13.6 Å². The molecule has 0 fully saturated rings. The first-order valence-electron chi connectivity index (χ1n) is 10.1. The maximum Gasteiger partial charge on any atom is 0.278 e. The fraction of sp³-hybridized carbons (Fsp3) is 0.333. The molecule has 158 valence electrons. The lowest BCUT2D eigenvalue weighted by Crippen LogP contribution is -2.34. The Bertz CT molecular complexity index is 920. The van der Waals surface area contributed by atoms with Crippen LogP contribution < -0.4 is 4.74 Å². The molecule has 0 saturated heterocycles. The van der Waals surface area contributed by atoms with E-state index >= 15 is 0 Å². The van der Waals surface area contributed by atoms with Gasteiger partial charge in [0.05, 0.1) is 25.3 Å². The number of carbonyl (C=O) groups excluding carboxylic acids is 2. The summed E-state index contributed by atoms with van der Waals surface area (Å²) < 4.78 is 5.72. The van der Waals surface area contributed by atoms with Crippen LogP contribution in [-0.2, 0) is 16.1 Å². The molecule has 1 aliphatic heterocycles. The largest absolute Gasteiger partial charge is 0.493 e. The van der Waals surface area contributed by atoms with Crippen LogP contribution in [0.15, 0.2) is 60.3 Å². The van der Waals surface area contributed by atoms with Crippen molar-refractivity contribution in [3.05, 3.63) is 71.4 Å². The van der Waals surface area contributed by atoms with Crippen molar-refractivity contribution < 1.29 is 19.4 Å². The quantitative estimate of drug-likeness (QED) is 0.646. The summed E-state index contributed by atoms with van der Waals surface area (Å²) in [6, 6.07) is 16.6. The Morgan fingerprint density at radius 2 is 1.67 bits per heavy atom. The average Bonchev–Trinajstić information content (AvgIpc) is 2.98. The number of hydrogen-bond acceptors (Lipinski definition) is 5. The van der Waals surface area contributed by atoms with Crippen LogP contribution >= 0.6 is 0 Å². The minimum atomic E-state index is -0.352. The Morgan fingerprint density at radius 1 is 1.00 bits per heavy atom. The molecule has 2 amide bonds. The molecule has 0 aromatic heterocycles. The maximum atomic E-state index is 13.3. The molecule has 0 spiro atoms. The van der Waals surface area contributed by atoms with Crippen LogP contribution in [0.5, 0.6) is 5.75 Å². The Balaban J connectivity index is 1.93. The van der Waals surface area contributed by atoms with Crippen molar-refractivity contribution in [2.75, 3.05) is 26.8 Å². The van der Waals surface area contributed by atoms with Crippen LogP contribution in [-0.4, -0.2) is 53.5 Å². The SMILES string of the molecule is CC(C)COc1ccc(C2=C(N(C)CCO)C(=O)N(Cc3ccccc3)C2=O)cc1. The zero-order chi connectivity index (χ0) is 21.7. The molecule has 6 nitrogen and oxygen atoms in total. The van der Waals surface area contributed by atoms with Gasteiger partial charge in [0.25, 0.3) is 11.8 Å². The summed E-state index contributed by atoms with van der Waals surface area (Å²) >= 11 is 0. The molecular weight excluding hydrogens is 380 g/mol. The number of amides is 2. The minimum absolute atomic E-state index is 0.116. The van der Waals surface area contributed by atoms with Gasteiger partial charge >= 0.3 is 0 Å². The fourth-order valence-corrected chi connectivity index (χ4v) is 3.33. The highest BCUT2D eigenvalue weighted by Crippen LogP contribution is 2.32. The minimum Gasteiger partial charge on any atom is -0.493 e. The monoisotopic (exact) mass is 408 g/mol. The van der Waals surface area contributed by atoms with Gasteiger partial charge < -0.3 is 14.7 Å². The molecular formula is C24H28N2O4. The second-order valence-electron chi connectivity index (χ2n) is 7.78. The first-order chi connectivity index (χ1) is 14.4. The first-order valence-corrected chi connectivity index (χ1v) is 10.1. The Hall–Kier alpha value is -3.12. The highest BCUT2D eigenvalue weighted by Gasteiger charge is 2.40. The van der Waals surface area contributed by atoms with Crippen molar-refractivity contribution >= 4 is 17.4 Å². The topological polar surface area (TPSA) is 70.1 Å². The van der Waals surface area contributed by atoms with Gasteiger partial charge in [0.2, 0.25) is 0 Å². The number of benzene rings is 2. The maximum absolute atomic E-state index is 13.3. The van der Waals surface area contributed by atoms with Gasteiger partial charge in [-0.1, -0.05) is 56.3 Å². The number of rotatable bonds is 9. The Kier molecular flexibility index (Phi) is 6.90. The zero-order valence-electron chi connectivity index (χ0n) is 17.7. The molecule has 0 atom stereocenters. The van der Waals surface area contributed by atoms with Gasteiger partial charge in [-0.3, -0.25) is 14.5 Å². The normalized spacial score (nSPS) is 14.1. The summed E-state index contributed by atoms with van der Waals surface area (Å²) in [6.45, 7) is 5.10. The van der Waals surface area contributed by atoms with Crippen LogP contribution in [0.2, 0.25) is 0 Å². The molecule has 2 aromatic carbocycles. The number of hydrogen-bond donors (Lipinski definition) is 1. The summed E-state index contributed by atoms with van der Waals surface area (Å²) in [7, 11) is 1.71. The van der Waals surface area contributed by atoms with Crippen LogP contribution in [0.4, 0.5) is 0 Å². The molecule has 1 heterocycles. The van der Waals surface area contributed by atoms with Crippen LogP contribution in [0.3, 0.4) is 0 Å². The van der Waals surface area contributed by atoms with Crippen LogP contribution in [0.1, 0.15) is 25.0 Å². The summed E-state index contributed by atoms with van der Waals surface area (Å²) in [5.74, 6) is 0.442. The van der Waals surface area contributed by atoms with Crippen LogP contribution in [0.25, 0.3) is 5.57 Å². The lowest BCUT2D eigenvalue weighted by Gasteiger charge is -2.20. The van der Waals surface area contributed by atoms with Crippen molar-refractivity contribution in [3.8, 4) is 5.75 Å². The Morgan fingerprint density at radius 3 is 2.27 bits per heavy atom.